The molecule has 0 saturated heterocycles. The Labute approximate surface area is 127 Å². The zero-order chi connectivity index (χ0) is 15.2. The van der Waals surface area contributed by atoms with Gasteiger partial charge in [0, 0.05) is 12.0 Å². The zero-order valence-corrected chi connectivity index (χ0v) is 12.6. The monoisotopic (exact) mass is 301 g/mol. The summed E-state index contributed by atoms with van der Waals surface area (Å²) >= 11 is 1.32. The standard InChI is InChI=1S/C15H15N3O2S/c1-10-6-7-13(12(9-10)5-3-4-8-19)14(20)16-15-18-17-11(2)21-15/h6-7,9,19H,4,8H2,1-2H3,(H,16,18,20). The first-order chi connectivity index (χ1) is 10.1. The molecular weight excluding hydrogens is 286 g/mol. The summed E-state index contributed by atoms with van der Waals surface area (Å²) in [5.74, 6) is 5.50. The van der Waals surface area contributed by atoms with Crippen molar-refractivity contribution in [1.29, 1.82) is 0 Å². The number of hydrogen-bond donors (Lipinski definition) is 2. The first kappa shape index (κ1) is 15.2. The topological polar surface area (TPSA) is 75.1 Å². The Morgan fingerprint density at radius 2 is 2.19 bits per heavy atom. The Morgan fingerprint density at radius 3 is 2.86 bits per heavy atom. The number of rotatable bonds is 3. The van der Waals surface area contributed by atoms with E-state index in [9.17, 15) is 4.79 Å². The second-order valence-corrected chi connectivity index (χ2v) is 5.59. The average Bonchev–Trinajstić information content (AvgIpc) is 2.84. The number of benzene rings is 1. The van der Waals surface area contributed by atoms with Crippen LogP contribution in [0.4, 0.5) is 5.13 Å². The van der Waals surface area contributed by atoms with Crippen molar-refractivity contribution in [2.75, 3.05) is 11.9 Å². The highest BCUT2D eigenvalue weighted by molar-refractivity contribution is 7.15. The van der Waals surface area contributed by atoms with Crippen LogP contribution in [0.5, 0.6) is 0 Å². The van der Waals surface area contributed by atoms with Gasteiger partial charge in [-0.25, -0.2) is 0 Å². The largest absolute Gasteiger partial charge is 0.395 e. The molecule has 0 unspecified atom stereocenters. The van der Waals surface area contributed by atoms with Gasteiger partial charge in [0.05, 0.1) is 12.2 Å². The molecule has 0 spiro atoms. The Balaban J connectivity index is 2.26. The van der Waals surface area contributed by atoms with Crippen molar-refractivity contribution in [3.8, 4) is 11.8 Å². The number of hydrogen-bond acceptors (Lipinski definition) is 5. The van der Waals surface area contributed by atoms with Crippen LogP contribution in [0.2, 0.25) is 0 Å². The van der Waals surface area contributed by atoms with Gasteiger partial charge in [-0.15, -0.1) is 10.2 Å². The Morgan fingerprint density at radius 1 is 1.38 bits per heavy atom. The van der Waals surface area contributed by atoms with E-state index in [0.29, 0.717) is 22.7 Å². The number of aromatic nitrogens is 2. The summed E-state index contributed by atoms with van der Waals surface area (Å²) in [6, 6.07) is 5.45. The predicted octanol–water partition coefficient (Wildman–Crippen LogP) is 2.14. The third-order valence-electron chi connectivity index (χ3n) is 2.63. The third-order valence-corrected chi connectivity index (χ3v) is 3.38. The molecule has 5 nitrogen and oxygen atoms in total. The predicted molar refractivity (Wildman–Crippen MR) is 82.4 cm³/mol. The smallest absolute Gasteiger partial charge is 0.258 e. The van der Waals surface area contributed by atoms with Crippen LogP contribution in [0.15, 0.2) is 18.2 Å². The van der Waals surface area contributed by atoms with Crippen LogP contribution >= 0.6 is 11.3 Å². The van der Waals surface area contributed by atoms with E-state index in [-0.39, 0.29) is 12.5 Å². The van der Waals surface area contributed by atoms with Gasteiger partial charge in [0.1, 0.15) is 5.01 Å². The minimum atomic E-state index is -0.264. The van der Waals surface area contributed by atoms with Gasteiger partial charge in [-0.2, -0.15) is 0 Å². The first-order valence-electron chi connectivity index (χ1n) is 6.42. The van der Waals surface area contributed by atoms with Gasteiger partial charge in [0.25, 0.3) is 5.91 Å². The number of nitrogens with zero attached hydrogens (tertiary/aromatic N) is 2. The van der Waals surface area contributed by atoms with Crippen LogP contribution in [-0.2, 0) is 0 Å². The molecule has 1 aromatic heterocycles. The van der Waals surface area contributed by atoms with E-state index in [1.165, 1.54) is 11.3 Å². The summed E-state index contributed by atoms with van der Waals surface area (Å²) in [5.41, 5.74) is 2.15. The van der Waals surface area contributed by atoms with Crippen molar-refractivity contribution in [1.82, 2.24) is 10.2 Å². The van der Waals surface area contributed by atoms with E-state index in [1.807, 2.05) is 26.0 Å². The quantitative estimate of drug-likeness (QED) is 0.852. The van der Waals surface area contributed by atoms with Gasteiger partial charge < -0.3 is 5.11 Å². The molecule has 2 aromatic rings. The maximum absolute atomic E-state index is 12.3. The van der Waals surface area contributed by atoms with Gasteiger partial charge in [0.2, 0.25) is 5.13 Å². The lowest BCUT2D eigenvalue weighted by Crippen LogP contribution is -2.13. The summed E-state index contributed by atoms with van der Waals surface area (Å²) in [6.07, 6.45) is 0.380. The molecule has 0 aliphatic rings. The molecule has 108 valence electrons. The van der Waals surface area contributed by atoms with Crippen LogP contribution in [0.3, 0.4) is 0 Å². The lowest BCUT2D eigenvalue weighted by molar-refractivity contribution is 0.102. The number of nitrogens with one attached hydrogen (secondary N) is 1. The minimum absolute atomic E-state index is 0.00437. The number of aliphatic hydroxyl groups excluding tert-OH is 1. The highest BCUT2D eigenvalue weighted by Crippen LogP contribution is 2.17. The minimum Gasteiger partial charge on any atom is -0.395 e. The molecule has 21 heavy (non-hydrogen) atoms. The van der Waals surface area contributed by atoms with E-state index >= 15 is 0 Å². The number of aryl methyl sites for hydroxylation is 2. The zero-order valence-electron chi connectivity index (χ0n) is 11.8. The summed E-state index contributed by atoms with van der Waals surface area (Å²) < 4.78 is 0. The Bertz CT molecular complexity index is 713. The second-order valence-electron chi connectivity index (χ2n) is 4.40. The van der Waals surface area contributed by atoms with Crippen molar-refractivity contribution >= 4 is 22.4 Å². The molecule has 0 fully saturated rings. The molecule has 0 radical (unpaired) electrons. The maximum Gasteiger partial charge on any atom is 0.258 e. The molecule has 0 aliphatic carbocycles. The van der Waals surface area contributed by atoms with E-state index in [0.717, 1.165) is 10.6 Å². The number of carbonyl (C=O) groups is 1. The van der Waals surface area contributed by atoms with Crippen LogP contribution < -0.4 is 5.32 Å². The molecule has 0 aliphatic heterocycles. The Kier molecular flexibility index (Phi) is 5.04. The normalized spacial score (nSPS) is 9.86. The summed E-state index contributed by atoms with van der Waals surface area (Å²) in [4.78, 5) is 12.3. The van der Waals surface area contributed by atoms with Crippen LogP contribution in [-0.4, -0.2) is 27.8 Å². The molecule has 1 aromatic carbocycles. The molecule has 0 bridgehead atoms. The molecule has 1 amide bonds. The van der Waals surface area contributed by atoms with Crippen LogP contribution in [0.1, 0.15) is 32.9 Å². The van der Waals surface area contributed by atoms with E-state index in [4.69, 9.17) is 5.11 Å². The van der Waals surface area contributed by atoms with Gasteiger partial charge in [0.15, 0.2) is 0 Å². The molecular formula is C15H15N3O2S. The average molecular weight is 301 g/mol. The van der Waals surface area contributed by atoms with E-state index < -0.39 is 0 Å². The fourth-order valence-electron chi connectivity index (χ4n) is 1.68. The van der Waals surface area contributed by atoms with Crippen molar-refractivity contribution in [2.45, 2.75) is 20.3 Å². The van der Waals surface area contributed by atoms with Gasteiger partial charge in [-0.05, 0) is 31.5 Å². The lowest BCUT2D eigenvalue weighted by Gasteiger charge is -2.05. The summed E-state index contributed by atoms with van der Waals surface area (Å²) in [5, 5.41) is 20.5. The molecule has 6 heteroatoms. The van der Waals surface area contributed by atoms with Crippen molar-refractivity contribution in [3.63, 3.8) is 0 Å². The maximum atomic E-state index is 12.3. The highest BCUT2D eigenvalue weighted by Gasteiger charge is 2.12. The van der Waals surface area contributed by atoms with Gasteiger partial charge >= 0.3 is 0 Å². The Hall–Kier alpha value is -2.23. The SMILES string of the molecule is Cc1ccc(C(=O)Nc2nnc(C)s2)c(C#CCCO)c1. The van der Waals surface area contributed by atoms with E-state index in [1.54, 1.807) is 6.07 Å². The van der Waals surface area contributed by atoms with Gasteiger partial charge in [-0.3, -0.25) is 10.1 Å². The lowest BCUT2D eigenvalue weighted by atomic mass is 10.0. The molecule has 2 N–H and O–H groups in total. The molecule has 2 rings (SSSR count). The first-order valence-corrected chi connectivity index (χ1v) is 7.23. The number of aliphatic hydroxyl groups is 1. The fourth-order valence-corrected chi connectivity index (χ4v) is 2.27. The number of anilines is 1. The van der Waals surface area contributed by atoms with Crippen molar-refractivity contribution in [3.05, 3.63) is 39.9 Å². The highest BCUT2D eigenvalue weighted by atomic mass is 32.1. The van der Waals surface area contributed by atoms with E-state index in [2.05, 4.69) is 27.4 Å². The van der Waals surface area contributed by atoms with Crippen LogP contribution in [0, 0.1) is 25.7 Å². The molecule has 1 heterocycles. The molecule has 0 saturated carbocycles. The molecule has 0 atom stereocenters. The summed E-state index contributed by atoms with van der Waals surface area (Å²) in [6.45, 7) is 3.77. The second kappa shape index (κ2) is 6.97. The van der Waals surface area contributed by atoms with Crippen LogP contribution in [0.25, 0.3) is 0 Å². The van der Waals surface area contributed by atoms with Crippen molar-refractivity contribution in [2.24, 2.45) is 0 Å². The third kappa shape index (κ3) is 4.12. The summed E-state index contributed by atoms with van der Waals surface area (Å²) in [7, 11) is 0. The fraction of sp³-hybridized carbons (Fsp3) is 0.267. The number of carbonyl (C=O) groups excluding carboxylic acids is 1. The van der Waals surface area contributed by atoms with Gasteiger partial charge in [-0.1, -0.05) is 29.2 Å². The number of amides is 1. The van der Waals surface area contributed by atoms with Crippen molar-refractivity contribution < 1.29 is 9.90 Å².